The number of aliphatic imine (C=N–C) groups is 1. The molecule has 3 aromatic rings. The normalized spacial score (nSPS) is 12.1. The highest BCUT2D eigenvalue weighted by Gasteiger charge is 2.35. The molecule has 0 saturated carbocycles. The molecule has 1 amide bonds. The first-order chi connectivity index (χ1) is 16.6. The van der Waals surface area contributed by atoms with Crippen LogP contribution in [0.2, 0.25) is 0 Å². The number of aromatic nitrogens is 1. The van der Waals surface area contributed by atoms with Gasteiger partial charge in [0.15, 0.2) is 0 Å². The second-order valence-electron chi connectivity index (χ2n) is 7.01. The summed E-state index contributed by atoms with van der Waals surface area (Å²) in [6.07, 6.45) is -0.643. The van der Waals surface area contributed by atoms with Crippen molar-refractivity contribution < 1.29 is 31.2 Å². The number of alkyl halides is 3. The average Bonchev–Trinajstić information content (AvgIpc) is 3.31. The molecule has 1 heterocycles. The molecular formula is C23H16F5N5O2. The van der Waals surface area contributed by atoms with Crippen LogP contribution in [0.5, 0.6) is 0 Å². The first-order valence-corrected chi connectivity index (χ1v) is 9.82. The highest BCUT2D eigenvalue weighted by atomic mass is 19.4. The minimum Gasteiger partial charge on any atom is -0.447 e. The standard InChI is InChI=1S/C23H16F5N5O2/c24-18-8-16(33-19(34)7-13-2-1-3-17(22(13)25)23(26,27)28)6-14(9-29)21(18)15(10-30)11-31-12-20-32-4-5-35-20/h1-6,8,10-11H,7,12,30H2,(H,33,34)/b15-10+,31-11?. The minimum absolute atomic E-state index is 0.0358. The highest BCUT2D eigenvalue weighted by molar-refractivity contribution is 6.10. The van der Waals surface area contributed by atoms with E-state index in [1.165, 1.54) is 18.7 Å². The van der Waals surface area contributed by atoms with E-state index in [4.69, 9.17) is 10.2 Å². The number of benzene rings is 2. The lowest BCUT2D eigenvalue weighted by molar-refractivity contribution is -0.140. The second kappa shape index (κ2) is 10.6. The molecule has 35 heavy (non-hydrogen) atoms. The number of hydrogen-bond donors (Lipinski definition) is 2. The van der Waals surface area contributed by atoms with Crippen LogP contribution in [-0.2, 0) is 23.9 Å². The SMILES string of the molecule is N#Cc1cc(NC(=O)Cc2cccc(C(F)(F)F)c2F)cc(F)c1/C(C=NCc1ncco1)=C/N. The van der Waals surface area contributed by atoms with Crippen LogP contribution in [0.1, 0.15) is 28.1 Å². The Morgan fingerprint density at radius 2 is 2.06 bits per heavy atom. The zero-order valence-corrected chi connectivity index (χ0v) is 17.7. The molecule has 0 unspecified atom stereocenters. The van der Waals surface area contributed by atoms with E-state index in [1.807, 2.05) is 0 Å². The topological polar surface area (TPSA) is 117 Å². The number of allylic oxidation sites excluding steroid dienone is 1. The number of halogens is 5. The van der Waals surface area contributed by atoms with Crippen LogP contribution in [-0.4, -0.2) is 17.1 Å². The first kappa shape index (κ1) is 25.1. The van der Waals surface area contributed by atoms with E-state index in [0.29, 0.717) is 12.0 Å². The van der Waals surface area contributed by atoms with Crippen LogP contribution < -0.4 is 11.1 Å². The third-order valence-corrected chi connectivity index (χ3v) is 4.64. The molecule has 0 atom stereocenters. The quantitative estimate of drug-likeness (QED) is 0.372. The Morgan fingerprint density at radius 1 is 1.29 bits per heavy atom. The van der Waals surface area contributed by atoms with Gasteiger partial charge < -0.3 is 15.5 Å². The maximum absolute atomic E-state index is 14.9. The summed E-state index contributed by atoms with van der Waals surface area (Å²) in [5.41, 5.74) is 3.08. The maximum atomic E-state index is 14.9. The zero-order valence-electron chi connectivity index (χ0n) is 17.7. The van der Waals surface area contributed by atoms with Gasteiger partial charge in [-0.3, -0.25) is 9.79 Å². The van der Waals surface area contributed by atoms with Crippen LogP contribution in [0.4, 0.5) is 27.6 Å². The summed E-state index contributed by atoms with van der Waals surface area (Å²) in [5, 5.41) is 11.7. The predicted octanol–water partition coefficient (Wildman–Crippen LogP) is 4.60. The van der Waals surface area contributed by atoms with Gasteiger partial charge >= 0.3 is 6.18 Å². The van der Waals surface area contributed by atoms with Crippen molar-refractivity contribution >= 4 is 23.4 Å². The maximum Gasteiger partial charge on any atom is 0.419 e. The van der Waals surface area contributed by atoms with Crippen molar-refractivity contribution in [2.75, 3.05) is 5.32 Å². The van der Waals surface area contributed by atoms with Gasteiger partial charge in [0.05, 0.1) is 29.8 Å². The molecule has 0 fully saturated rings. The van der Waals surface area contributed by atoms with Crippen molar-refractivity contribution in [2.45, 2.75) is 19.1 Å². The first-order valence-electron chi connectivity index (χ1n) is 9.82. The van der Waals surface area contributed by atoms with E-state index in [0.717, 1.165) is 30.5 Å². The van der Waals surface area contributed by atoms with Gasteiger partial charge in [0.2, 0.25) is 11.8 Å². The summed E-state index contributed by atoms with van der Waals surface area (Å²) in [7, 11) is 0. The summed E-state index contributed by atoms with van der Waals surface area (Å²) >= 11 is 0. The Bertz CT molecular complexity index is 1330. The van der Waals surface area contributed by atoms with Gasteiger partial charge in [0, 0.05) is 29.2 Å². The fraction of sp³-hybridized carbons (Fsp3) is 0.130. The van der Waals surface area contributed by atoms with Gasteiger partial charge in [-0.25, -0.2) is 13.8 Å². The molecule has 0 aliphatic rings. The molecule has 0 aliphatic heterocycles. The Balaban J connectivity index is 1.80. The largest absolute Gasteiger partial charge is 0.447 e. The summed E-state index contributed by atoms with van der Waals surface area (Å²) < 4.78 is 72.7. The Labute approximate surface area is 195 Å². The molecule has 2 aromatic carbocycles. The lowest BCUT2D eigenvalue weighted by atomic mass is 10.00. The molecule has 1 aromatic heterocycles. The van der Waals surface area contributed by atoms with E-state index in [2.05, 4.69) is 15.3 Å². The molecule has 0 spiro atoms. The third kappa shape index (κ3) is 6.08. The number of rotatable bonds is 7. The van der Waals surface area contributed by atoms with Crippen molar-refractivity contribution in [3.63, 3.8) is 0 Å². The van der Waals surface area contributed by atoms with E-state index in [-0.39, 0.29) is 28.9 Å². The summed E-state index contributed by atoms with van der Waals surface area (Å²) in [5.74, 6) is -3.12. The monoisotopic (exact) mass is 489 g/mol. The molecule has 12 heteroatoms. The lowest BCUT2D eigenvalue weighted by Gasteiger charge is -2.13. The molecule has 180 valence electrons. The Kier molecular flexibility index (Phi) is 7.60. The number of nitrogens with two attached hydrogens (primary N) is 1. The molecule has 0 saturated heterocycles. The number of anilines is 1. The number of nitrogens with zero attached hydrogens (tertiary/aromatic N) is 3. The number of carbonyl (C=O) groups excluding carboxylic acids is 1. The fourth-order valence-corrected chi connectivity index (χ4v) is 3.12. The number of hydrogen-bond acceptors (Lipinski definition) is 6. The summed E-state index contributed by atoms with van der Waals surface area (Å²) in [6.45, 7) is 0.0358. The van der Waals surface area contributed by atoms with Crippen molar-refractivity contribution in [2.24, 2.45) is 10.7 Å². The average molecular weight is 489 g/mol. The number of oxazole rings is 1. The van der Waals surface area contributed by atoms with E-state index in [9.17, 15) is 32.0 Å². The number of nitrogens with one attached hydrogen (secondary N) is 1. The molecular weight excluding hydrogens is 473 g/mol. The third-order valence-electron chi connectivity index (χ3n) is 4.64. The molecule has 3 N–H and O–H groups in total. The molecule has 0 aliphatic carbocycles. The number of amides is 1. The van der Waals surface area contributed by atoms with Crippen molar-refractivity contribution in [1.29, 1.82) is 5.26 Å². The smallest absolute Gasteiger partial charge is 0.419 e. The van der Waals surface area contributed by atoms with Gasteiger partial charge in [-0.1, -0.05) is 12.1 Å². The Hall–Kier alpha value is -4.53. The van der Waals surface area contributed by atoms with Crippen LogP contribution in [0.3, 0.4) is 0 Å². The van der Waals surface area contributed by atoms with E-state index < -0.39 is 41.3 Å². The fourth-order valence-electron chi connectivity index (χ4n) is 3.12. The molecule has 3 rings (SSSR count). The van der Waals surface area contributed by atoms with Gasteiger partial charge in [-0.15, -0.1) is 0 Å². The highest BCUT2D eigenvalue weighted by Crippen LogP contribution is 2.32. The van der Waals surface area contributed by atoms with E-state index >= 15 is 0 Å². The predicted molar refractivity (Wildman–Crippen MR) is 116 cm³/mol. The van der Waals surface area contributed by atoms with Crippen molar-refractivity contribution in [3.05, 3.63) is 88.8 Å². The van der Waals surface area contributed by atoms with Crippen molar-refractivity contribution in [1.82, 2.24) is 4.98 Å². The number of nitriles is 1. The van der Waals surface area contributed by atoms with Crippen LogP contribution in [0.15, 0.2) is 58.4 Å². The number of carbonyl (C=O) groups is 1. The van der Waals surface area contributed by atoms with Gasteiger partial charge in [0.1, 0.15) is 24.4 Å². The minimum atomic E-state index is -4.93. The Morgan fingerprint density at radius 3 is 2.69 bits per heavy atom. The van der Waals surface area contributed by atoms with E-state index in [1.54, 1.807) is 6.07 Å². The van der Waals surface area contributed by atoms with Crippen molar-refractivity contribution in [3.8, 4) is 6.07 Å². The zero-order chi connectivity index (χ0) is 25.6. The molecule has 0 radical (unpaired) electrons. The van der Waals surface area contributed by atoms with Gasteiger partial charge in [0.25, 0.3) is 0 Å². The lowest BCUT2D eigenvalue weighted by Crippen LogP contribution is -2.17. The van der Waals surface area contributed by atoms with Crippen LogP contribution in [0, 0.1) is 23.0 Å². The molecule has 0 bridgehead atoms. The van der Waals surface area contributed by atoms with Gasteiger partial charge in [-0.05, 0) is 23.8 Å². The second-order valence-corrected chi connectivity index (χ2v) is 7.01. The molecule has 7 nitrogen and oxygen atoms in total. The summed E-state index contributed by atoms with van der Waals surface area (Å²) in [6, 6.07) is 6.38. The van der Waals surface area contributed by atoms with Gasteiger partial charge in [-0.2, -0.15) is 18.4 Å². The van der Waals surface area contributed by atoms with Crippen LogP contribution >= 0.6 is 0 Å². The van der Waals surface area contributed by atoms with Crippen LogP contribution in [0.25, 0.3) is 5.57 Å². The summed E-state index contributed by atoms with van der Waals surface area (Å²) in [4.78, 5) is 20.2.